The van der Waals surface area contributed by atoms with Crippen LogP contribution in [-0.2, 0) is 10.3 Å². The van der Waals surface area contributed by atoms with Gasteiger partial charge in [-0.15, -0.1) is 0 Å². The Morgan fingerprint density at radius 2 is 2.05 bits per heavy atom. The summed E-state index contributed by atoms with van der Waals surface area (Å²) in [6.07, 6.45) is 4.75. The Labute approximate surface area is 127 Å². The summed E-state index contributed by atoms with van der Waals surface area (Å²) in [4.78, 5) is 19.7. The molecule has 1 aromatic rings. The number of ether oxygens (including phenoxy) is 1. The van der Waals surface area contributed by atoms with E-state index in [-0.39, 0.29) is 5.56 Å². The number of H-pyrrole nitrogens is 1. The van der Waals surface area contributed by atoms with Crippen LogP contribution in [0.1, 0.15) is 63.9 Å². The van der Waals surface area contributed by atoms with Crippen molar-refractivity contribution in [2.24, 2.45) is 0 Å². The number of hydrogen-bond donors (Lipinski definition) is 1. The Morgan fingerprint density at radius 3 is 2.63 bits per heavy atom. The fraction of sp³-hybridized carbons (Fsp3) is 0.714. The molecule has 1 N–H and O–H groups in total. The molecule has 1 saturated carbocycles. The Bertz CT molecular complexity index is 505. The molecule has 106 valence electrons. The van der Waals surface area contributed by atoms with Crippen molar-refractivity contribution in [1.82, 2.24) is 9.97 Å². The highest BCUT2D eigenvalue weighted by molar-refractivity contribution is 14.1. The van der Waals surface area contributed by atoms with Gasteiger partial charge in [-0.05, 0) is 56.2 Å². The van der Waals surface area contributed by atoms with Gasteiger partial charge in [-0.25, -0.2) is 4.98 Å². The van der Waals surface area contributed by atoms with Crippen LogP contribution in [0.3, 0.4) is 0 Å². The van der Waals surface area contributed by atoms with Crippen LogP contribution >= 0.6 is 22.6 Å². The van der Waals surface area contributed by atoms with Crippen LogP contribution in [-0.4, -0.2) is 16.6 Å². The Morgan fingerprint density at radius 1 is 1.42 bits per heavy atom. The first-order valence-electron chi connectivity index (χ1n) is 6.90. The van der Waals surface area contributed by atoms with E-state index in [1.807, 2.05) is 20.8 Å². The monoisotopic (exact) mass is 376 g/mol. The number of hydrogen-bond acceptors (Lipinski definition) is 3. The second-order valence-corrected chi connectivity index (χ2v) is 6.62. The van der Waals surface area contributed by atoms with Crippen LogP contribution in [0, 0.1) is 3.57 Å². The second kappa shape index (κ2) is 5.91. The highest BCUT2D eigenvalue weighted by atomic mass is 127. The minimum atomic E-state index is -0.550. The molecule has 2 rings (SSSR count). The van der Waals surface area contributed by atoms with Gasteiger partial charge >= 0.3 is 0 Å². The van der Waals surface area contributed by atoms with Crippen molar-refractivity contribution in [1.29, 1.82) is 0 Å². The summed E-state index contributed by atoms with van der Waals surface area (Å²) in [6.45, 7) is 6.44. The normalized spacial score (nSPS) is 17.1. The lowest BCUT2D eigenvalue weighted by Crippen LogP contribution is -2.30. The number of aromatic amines is 1. The molecule has 5 heteroatoms. The second-order valence-electron chi connectivity index (χ2n) is 5.54. The van der Waals surface area contributed by atoms with Crippen LogP contribution in [0.25, 0.3) is 0 Å². The summed E-state index contributed by atoms with van der Waals surface area (Å²) in [5.41, 5.74) is 0.371. The molecule has 0 aliphatic heterocycles. The first-order valence-corrected chi connectivity index (χ1v) is 7.97. The summed E-state index contributed by atoms with van der Waals surface area (Å²) in [5.74, 6) is 1.08. The molecule has 1 aromatic heterocycles. The van der Waals surface area contributed by atoms with Crippen LogP contribution in [0.15, 0.2) is 4.79 Å². The molecule has 0 unspecified atom stereocenters. The van der Waals surface area contributed by atoms with Gasteiger partial charge < -0.3 is 9.72 Å². The van der Waals surface area contributed by atoms with E-state index in [9.17, 15) is 4.79 Å². The maximum absolute atomic E-state index is 12.1. The third kappa shape index (κ3) is 3.18. The van der Waals surface area contributed by atoms with Crippen molar-refractivity contribution in [2.75, 3.05) is 6.61 Å². The summed E-state index contributed by atoms with van der Waals surface area (Å²) in [6, 6.07) is 0. The van der Waals surface area contributed by atoms with Crippen molar-refractivity contribution in [3.05, 3.63) is 25.4 Å². The van der Waals surface area contributed by atoms with Gasteiger partial charge in [0.25, 0.3) is 5.56 Å². The zero-order valence-electron chi connectivity index (χ0n) is 11.8. The molecule has 4 nitrogen and oxygen atoms in total. The van der Waals surface area contributed by atoms with E-state index < -0.39 is 5.60 Å². The van der Waals surface area contributed by atoms with Crippen LogP contribution in [0.2, 0.25) is 0 Å². The smallest absolute Gasteiger partial charge is 0.264 e. The number of halogens is 1. The Hall–Kier alpha value is -0.430. The third-order valence-electron chi connectivity index (χ3n) is 3.71. The van der Waals surface area contributed by atoms with Crippen molar-refractivity contribution >= 4 is 22.6 Å². The highest BCUT2D eigenvalue weighted by Gasteiger charge is 2.28. The van der Waals surface area contributed by atoms with E-state index in [0.29, 0.717) is 18.3 Å². The summed E-state index contributed by atoms with van der Waals surface area (Å²) >= 11 is 2.11. The first-order chi connectivity index (χ1) is 8.95. The van der Waals surface area contributed by atoms with E-state index in [0.717, 1.165) is 22.1 Å². The molecule has 0 amide bonds. The van der Waals surface area contributed by atoms with Crippen molar-refractivity contribution < 1.29 is 4.74 Å². The molecule has 0 aromatic carbocycles. The highest BCUT2D eigenvalue weighted by Crippen LogP contribution is 2.35. The molecule has 0 atom stereocenters. The summed E-state index contributed by atoms with van der Waals surface area (Å²) in [5, 5.41) is 0. The maximum atomic E-state index is 12.1. The van der Waals surface area contributed by atoms with Crippen LogP contribution in [0.5, 0.6) is 0 Å². The van der Waals surface area contributed by atoms with Crippen molar-refractivity contribution in [3.8, 4) is 0 Å². The Balaban J connectivity index is 2.44. The quantitative estimate of drug-likeness (QED) is 0.821. The molecule has 0 spiro atoms. The standard InChI is InChI=1S/C14H21IN2O2/c1-4-19-14(2,3)13-16-11(9-7-5-6-8-9)10(15)12(18)17-13/h9H,4-8H2,1-3H3,(H,16,17,18). The zero-order valence-corrected chi connectivity index (χ0v) is 13.9. The Kier molecular flexibility index (Phi) is 4.66. The van der Waals surface area contributed by atoms with Gasteiger partial charge in [-0.3, -0.25) is 4.79 Å². The van der Waals surface area contributed by atoms with Gasteiger partial charge in [0.15, 0.2) is 0 Å². The lowest BCUT2D eigenvalue weighted by molar-refractivity contribution is -0.0212. The number of rotatable bonds is 4. The van der Waals surface area contributed by atoms with Gasteiger partial charge in [0.2, 0.25) is 0 Å². The molecular formula is C14H21IN2O2. The van der Waals surface area contributed by atoms with E-state index in [4.69, 9.17) is 9.72 Å². The van der Waals surface area contributed by atoms with Gasteiger partial charge in [-0.1, -0.05) is 12.8 Å². The zero-order chi connectivity index (χ0) is 14.0. The molecule has 0 bridgehead atoms. The minimum absolute atomic E-state index is 0.0414. The molecule has 1 heterocycles. The van der Waals surface area contributed by atoms with E-state index in [2.05, 4.69) is 27.6 Å². The van der Waals surface area contributed by atoms with Crippen LogP contribution in [0.4, 0.5) is 0 Å². The fourth-order valence-corrected chi connectivity index (χ4v) is 3.36. The van der Waals surface area contributed by atoms with E-state index in [1.165, 1.54) is 12.8 Å². The molecule has 1 aliphatic carbocycles. The molecule has 1 fully saturated rings. The maximum Gasteiger partial charge on any atom is 0.264 e. The average molecular weight is 376 g/mol. The molecule has 0 saturated heterocycles. The lowest BCUT2D eigenvalue weighted by atomic mass is 10.0. The first kappa shape index (κ1) is 15.0. The number of nitrogens with one attached hydrogen (secondary N) is 1. The molecule has 1 aliphatic rings. The third-order valence-corrected chi connectivity index (χ3v) is 4.75. The number of nitrogens with zero attached hydrogens (tertiary/aromatic N) is 1. The van der Waals surface area contributed by atoms with Crippen molar-refractivity contribution in [3.63, 3.8) is 0 Å². The predicted molar refractivity (Wildman–Crippen MR) is 83.4 cm³/mol. The fourth-order valence-electron chi connectivity index (χ4n) is 2.66. The van der Waals surface area contributed by atoms with Gasteiger partial charge in [0.05, 0.1) is 9.26 Å². The predicted octanol–water partition coefficient (Wildman–Crippen LogP) is 3.30. The molecule has 0 radical (unpaired) electrons. The van der Waals surface area contributed by atoms with Crippen molar-refractivity contribution in [2.45, 2.75) is 58.0 Å². The van der Waals surface area contributed by atoms with Gasteiger partial charge in [0, 0.05) is 12.5 Å². The van der Waals surface area contributed by atoms with Gasteiger partial charge in [-0.2, -0.15) is 0 Å². The summed E-state index contributed by atoms with van der Waals surface area (Å²) < 4.78 is 6.43. The average Bonchev–Trinajstić information content (AvgIpc) is 2.85. The summed E-state index contributed by atoms with van der Waals surface area (Å²) in [7, 11) is 0. The lowest BCUT2D eigenvalue weighted by Gasteiger charge is -2.24. The molecule has 19 heavy (non-hydrogen) atoms. The van der Waals surface area contributed by atoms with Crippen LogP contribution < -0.4 is 5.56 Å². The van der Waals surface area contributed by atoms with Gasteiger partial charge in [0.1, 0.15) is 11.4 Å². The SMILES string of the molecule is CCOC(C)(C)c1nc(C2CCCC2)c(I)c(=O)[nH]1. The van der Waals surface area contributed by atoms with E-state index in [1.54, 1.807) is 0 Å². The minimum Gasteiger partial charge on any atom is -0.368 e. The topological polar surface area (TPSA) is 55.0 Å². The molecular weight excluding hydrogens is 355 g/mol. The largest absolute Gasteiger partial charge is 0.368 e. The number of aromatic nitrogens is 2. The van der Waals surface area contributed by atoms with E-state index >= 15 is 0 Å².